The summed E-state index contributed by atoms with van der Waals surface area (Å²) in [4.78, 5) is 0. The molecule has 22 heavy (non-hydrogen) atoms. The molecule has 0 bridgehead atoms. The molecule has 0 heteroatoms. The highest BCUT2D eigenvalue weighted by Gasteiger charge is 2.06. The molecular weight excluding hydrogens is 264 g/mol. The van der Waals surface area contributed by atoms with Crippen LogP contribution in [0.15, 0.2) is 61.2 Å². The van der Waals surface area contributed by atoms with Gasteiger partial charge in [-0.25, -0.2) is 0 Å². The molecule has 0 atom stereocenters. The molecule has 3 aromatic rings. The summed E-state index contributed by atoms with van der Waals surface area (Å²) in [5.74, 6) is 0. The van der Waals surface area contributed by atoms with E-state index in [-0.39, 0.29) is 0 Å². The van der Waals surface area contributed by atoms with Gasteiger partial charge >= 0.3 is 0 Å². The zero-order chi connectivity index (χ0) is 15.5. The lowest BCUT2D eigenvalue weighted by molar-refractivity contribution is 0.921. The second-order valence-electron chi connectivity index (χ2n) is 5.90. The summed E-state index contributed by atoms with van der Waals surface area (Å²) in [6.07, 6.45) is 4.27. The summed E-state index contributed by atoms with van der Waals surface area (Å²) in [5.41, 5.74) is 6.53. The topological polar surface area (TPSA) is 0 Å². The summed E-state index contributed by atoms with van der Waals surface area (Å²) in [5, 5.41) is 2.59. The third kappa shape index (κ3) is 2.69. The average Bonchev–Trinajstić information content (AvgIpc) is 2.54. The highest BCUT2D eigenvalue weighted by molar-refractivity contribution is 5.94. The van der Waals surface area contributed by atoms with Gasteiger partial charge in [-0.2, -0.15) is 0 Å². The zero-order valence-electron chi connectivity index (χ0n) is 13.4. The van der Waals surface area contributed by atoms with E-state index in [9.17, 15) is 0 Å². The van der Waals surface area contributed by atoms with Crippen LogP contribution in [-0.4, -0.2) is 0 Å². The van der Waals surface area contributed by atoms with Gasteiger partial charge in [-0.15, -0.1) is 0 Å². The first kappa shape index (κ1) is 14.6. The first-order valence-corrected chi connectivity index (χ1v) is 7.98. The third-order valence-corrected chi connectivity index (χ3v) is 4.23. The maximum absolute atomic E-state index is 4.02. The molecule has 0 aliphatic carbocycles. The Morgan fingerprint density at radius 1 is 0.955 bits per heavy atom. The van der Waals surface area contributed by atoms with Crippen molar-refractivity contribution >= 4 is 16.8 Å². The van der Waals surface area contributed by atoms with Gasteiger partial charge in [-0.05, 0) is 52.4 Å². The molecule has 3 aromatic carbocycles. The second kappa shape index (κ2) is 6.19. The summed E-state index contributed by atoms with van der Waals surface area (Å²) in [6, 6.07) is 19.9. The average molecular weight is 286 g/mol. The van der Waals surface area contributed by atoms with E-state index >= 15 is 0 Å². The number of benzene rings is 3. The Hall–Kier alpha value is -2.34. The second-order valence-corrected chi connectivity index (χ2v) is 5.90. The molecule has 0 saturated carbocycles. The molecule has 3 rings (SSSR count). The van der Waals surface area contributed by atoms with Crippen LogP contribution >= 0.6 is 0 Å². The van der Waals surface area contributed by atoms with Crippen molar-refractivity contribution in [1.29, 1.82) is 0 Å². The third-order valence-electron chi connectivity index (χ3n) is 4.23. The van der Waals surface area contributed by atoms with Crippen molar-refractivity contribution in [2.75, 3.05) is 0 Å². The van der Waals surface area contributed by atoms with E-state index in [1.165, 1.54) is 38.6 Å². The minimum absolute atomic E-state index is 1.11. The van der Waals surface area contributed by atoms with E-state index in [1.54, 1.807) is 0 Å². The quantitative estimate of drug-likeness (QED) is 0.519. The fraction of sp³-hybridized carbons (Fsp3) is 0.182. The fourth-order valence-corrected chi connectivity index (χ4v) is 3.13. The standard InChI is InChI=1S/C22H22/c1-4-7-17-10-11-20-15-19(12-13-22(20)21(17)5-2)18-9-6-8-16(3)14-18/h5-6,8-15H,2,4,7H2,1,3H3. The lowest BCUT2D eigenvalue weighted by Crippen LogP contribution is -1.90. The van der Waals surface area contributed by atoms with Crippen LogP contribution in [0.1, 0.15) is 30.0 Å². The molecular formula is C22H22. The highest BCUT2D eigenvalue weighted by Crippen LogP contribution is 2.29. The summed E-state index contributed by atoms with van der Waals surface area (Å²) < 4.78 is 0. The molecule has 0 aliphatic heterocycles. The van der Waals surface area contributed by atoms with Crippen molar-refractivity contribution in [1.82, 2.24) is 0 Å². The molecule has 0 radical (unpaired) electrons. The lowest BCUT2D eigenvalue weighted by atomic mass is 9.93. The lowest BCUT2D eigenvalue weighted by Gasteiger charge is -2.11. The van der Waals surface area contributed by atoms with Crippen molar-refractivity contribution in [3.63, 3.8) is 0 Å². The predicted octanol–water partition coefficient (Wildman–Crippen LogP) is 6.41. The maximum atomic E-state index is 4.02. The van der Waals surface area contributed by atoms with Gasteiger partial charge in [0, 0.05) is 0 Å². The van der Waals surface area contributed by atoms with Gasteiger partial charge in [0.1, 0.15) is 0 Å². The Kier molecular flexibility index (Phi) is 4.11. The van der Waals surface area contributed by atoms with E-state index in [1.807, 2.05) is 6.08 Å². The van der Waals surface area contributed by atoms with Crippen molar-refractivity contribution < 1.29 is 0 Å². The van der Waals surface area contributed by atoms with Crippen LogP contribution in [0.4, 0.5) is 0 Å². The van der Waals surface area contributed by atoms with Gasteiger partial charge in [0.2, 0.25) is 0 Å². The molecule has 0 aliphatic rings. The molecule has 0 fully saturated rings. The molecule has 110 valence electrons. The maximum Gasteiger partial charge on any atom is -0.0108 e. The van der Waals surface area contributed by atoms with Gasteiger partial charge in [-0.1, -0.05) is 80.1 Å². The fourth-order valence-electron chi connectivity index (χ4n) is 3.13. The highest BCUT2D eigenvalue weighted by atomic mass is 14.1. The van der Waals surface area contributed by atoms with Crippen LogP contribution in [0.3, 0.4) is 0 Å². The number of rotatable bonds is 4. The number of fused-ring (bicyclic) bond motifs is 1. The predicted molar refractivity (Wildman–Crippen MR) is 98.2 cm³/mol. The van der Waals surface area contributed by atoms with E-state index in [0.717, 1.165) is 12.8 Å². The van der Waals surface area contributed by atoms with Crippen LogP contribution in [0.5, 0.6) is 0 Å². The van der Waals surface area contributed by atoms with Crippen LogP contribution in [0, 0.1) is 6.92 Å². The Labute approximate surface area is 133 Å². The Morgan fingerprint density at radius 2 is 1.77 bits per heavy atom. The molecule has 0 nitrogen and oxygen atoms in total. The van der Waals surface area contributed by atoms with Crippen LogP contribution < -0.4 is 0 Å². The Balaban J connectivity index is 2.15. The Morgan fingerprint density at radius 3 is 2.50 bits per heavy atom. The summed E-state index contributed by atoms with van der Waals surface area (Å²) in [7, 11) is 0. The molecule has 0 amide bonds. The normalized spacial score (nSPS) is 10.8. The SMILES string of the molecule is C=Cc1c(CCC)ccc2cc(-c3cccc(C)c3)ccc12. The van der Waals surface area contributed by atoms with Crippen LogP contribution in [0.25, 0.3) is 28.0 Å². The first-order valence-electron chi connectivity index (χ1n) is 7.98. The number of hydrogen-bond acceptors (Lipinski definition) is 0. The Bertz CT molecular complexity index is 825. The van der Waals surface area contributed by atoms with Crippen molar-refractivity contribution in [2.45, 2.75) is 26.7 Å². The molecule has 0 heterocycles. The van der Waals surface area contributed by atoms with Crippen LogP contribution in [0.2, 0.25) is 0 Å². The van der Waals surface area contributed by atoms with E-state index in [4.69, 9.17) is 0 Å². The van der Waals surface area contributed by atoms with Gasteiger partial charge in [0.15, 0.2) is 0 Å². The smallest absolute Gasteiger partial charge is 0.0108 e. The molecule has 0 N–H and O–H groups in total. The van der Waals surface area contributed by atoms with Crippen molar-refractivity contribution in [2.24, 2.45) is 0 Å². The largest absolute Gasteiger partial charge is 0.0984 e. The molecule has 0 unspecified atom stereocenters. The van der Waals surface area contributed by atoms with Gasteiger partial charge < -0.3 is 0 Å². The van der Waals surface area contributed by atoms with Crippen molar-refractivity contribution in [3.05, 3.63) is 77.9 Å². The molecule has 0 aromatic heterocycles. The zero-order valence-corrected chi connectivity index (χ0v) is 13.4. The van der Waals surface area contributed by atoms with Gasteiger partial charge in [0.05, 0.1) is 0 Å². The molecule has 0 spiro atoms. The summed E-state index contributed by atoms with van der Waals surface area (Å²) in [6.45, 7) is 8.37. The monoisotopic (exact) mass is 286 g/mol. The van der Waals surface area contributed by atoms with Crippen molar-refractivity contribution in [3.8, 4) is 11.1 Å². The van der Waals surface area contributed by atoms with E-state index < -0.39 is 0 Å². The summed E-state index contributed by atoms with van der Waals surface area (Å²) >= 11 is 0. The van der Waals surface area contributed by atoms with Gasteiger partial charge in [-0.3, -0.25) is 0 Å². The first-order chi connectivity index (χ1) is 10.7. The number of aryl methyl sites for hydroxylation is 2. The molecule has 0 saturated heterocycles. The van der Waals surface area contributed by atoms with E-state index in [0.29, 0.717) is 0 Å². The minimum Gasteiger partial charge on any atom is -0.0984 e. The van der Waals surface area contributed by atoms with Crippen LogP contribution in [-0.2, 0) is 6.42 Å². The minimum atomic E-state index is 1.11. The van der Waals surface area contributed by atoms with Gasteiger partial charge in [0.25, 0.3) is 0 Å². The number of hydrogen-bond donors (Lipinski definition) is 0. The van der Waals surface area contributed by atoms with E-state index in [2.05, 4.69) is 75.0 Å².